The quantitative estimate of drug-likeness (QED) is 0.313. The fourth-order valence-corrected chi connectivity index (χ4v) is 3.02. The van der Waals surface area contributed by atoms with Gasteiger partial charge in [-0.3, -0.25) is 0 Å². The first kappa shape index (κ1) is 14.5. The molecule has 1 rings (SSSR count). The summed E-state index contributed by atoms with van der Waals surface area (Å²) in [6, 6.07) is 4.46. The summed E-state index contributed by atoms with van der Waals surface area (Å²) in [7, 11) is 0. The van der Waals surface area contributed by atoms with Crippen LogP contribution in [0.3, 0.4) is 0 Å². The van der Waals surface area contributed by atoms with Crippen molar-refractivity contribution in [2.24, 2.45) is 10.9 Å². The smallest absolute Gasteiger partial charge is 0.140 e. The molecule has 0 radical (unpaired) electrons. The van der Waals surface area contributed by atoms with Crippen molar-refractivity contribution in [2.75, 3.05) is 6.54 Å². The summed E-state index contributed by atoms with van der Waals surface area (Å²) in [5, 5.41) is 14.9. The molecule has 0 saturated carbocycles. The second-order valence-corrected chi connectivity index (χ2v) is 6.36. The number of thiophene rings is 1. The number of amidine groups is 1. The van der Waals surface area contributed by atoms with Crippen molar-refractivity contribution >= 4 is 33.1 Å². The second kappa shape index (κ2) is 7.68. The molecule has 0 spiro atoms. The van der Waals surface area contributed by atoms with Crippen LogP contribution in [0.1, 0.15) is 24.6 Å². The molecular formula is C11H18BrN3OS. The maximum atomic E-state index is 8.52. The van der Waals surface area contributed by atoms with Gasteiger partial charge in [-0.1, -0.05) is 12.1 Å². The van der Waals surface area contributed by atoms with Crippen LogP contribution in [-0.2, 0) is 6.42 Å². The van der Waals surface area contributed by atoms with Gasteiger partial charge in [-0.05, 0) is 40.9 Å². The number of halogens is 1. The number of rotatable bonds is 7. The third kappa shape index (κ3) is 5.52. The van der Waals surface area contributed by atoms with Gasteiger partial charge in [-0.2, -0.15) is 0 Å². The molecule has 0 amide bonds. The van der Waals surface area contributed by atoms with Crippen LogP contribution in [0.15, 0.2) is 21.1 Å². The summed E-state index contributed by atoms with van der Waals surface area (Å²) in [6.45, 7) is 2.99. The molecule has 0 aromatic carbocycles. The fourth-order valence-electron chi connectivity index (χ4n) is 1.54. The van der Waals surface area contributed by atoms with Crippen molar-refractivity contribution in [2.45, 2.75) is 32.2 Å². The van der Waals surface area contributed by atoms with Gasteiger partial charge in [0.05, 0.1) is 3.79 Å². The SMILES string of the molecule is CCC(C/C(N)=N/O)NCCc1ccc(Br)s1. The van der Waals surface area contributed by atoms with Gasteiger partial charge in [0.2, 0.25) is 0 Å². The topological polar surface area (TPSA) is 70.6 Å². The highest BCUT2D eigenvalue weighted by Crippen LogP contribution is 2.22. The molecule has 1 aromatic heterocycles. The van der Waals surface area contributed by atoms with Crippen LogP contribution >= 0.6 is 27.3 Å². The predicted molar refractivity (Wildman–Crippen MR) is 75.8 cm³/mol. The van der Waals surface area contributed by atoms with E-state index in [1.54, 1.807) is 11.3 Å². The zero-order valence-corrected chi connectivity index (χ0v) is 12.2. The van der Waals surface area contributed by atoms with Crippen molar-refractivity contribution in [3.63, 3.8) is 0 Å². The van der Waals surface area contributed by atoms with E-state index < -0.39 is 0 Å². The van der Waals surface area contributed by atoms with E-state index >= 15 is 0 Å². The van der Waals surface area contributed by atoms with Crippen molar-refractivity contribution in [3.8, 4) is 0 Å². The van der Waals surface area contributed by atoms with Gasteiger partial charge in [0, 0.05) is 23.9 Å². The Bertz CT molecular complexity index is 367. The molecule has 1 atom stereocenters. The summed E-state index contributed by atoms with van der Waals surface area (Å²) in [4.78, 5) is 1.35. The van der Waals surface area contributed by atoms with E-state index in [2.05, 4.69) is 45.5 Å². The van der Waals surface area contributed by atoms with Crippen LogP contribution in [-0.4, -0.2) is 23.6 Å². The molecule has 0 saturated heterocycles. The molecule has 6 heteroatoms. The molecule has 4 N–H and O–H groups in total. The molecule has 1 heterocycles. The molecule has 1 aromatic rings. The van der Waals surface area contributed by atoms with Crippen LogP contribution in [0.5, 0.6) is 0 Å². The molecular weight excluding hydrogens is 302 g/mol. The maximum absolute atomic E-state index is 8.52. The maximum Gasteiger partial charge on any atom is 0.140 e. The molecule has 0 aliphatic carbocycles. The van der Waals surface area contributed by atoms with Crippen LogP contribution in [0.2, 0.25) is 0 Å². The molecule has 0 aliphatic heterocycles. The van der Waals surface area contributed by atoms with Gasteiger partial charge in [0.1, 0.15) is 5.84 Å². The summed E-state index contributed by atoms with van der Waals surface area (Å²) in [6.07, 6.45) is 2.55. The van der Waals surface area contributed by atoms with Gasteiger partial charge in [0.25, 0.3) is 0 Å². The number of nitrogens with two attached hydrogens (primary N) is 1. The lowest BCUT2D eigenvalue weighted by Gasteiger charge is -2.15. The average Bonchev–Trinajstić information content (AvgIpc) is 2.73. The van der Waals surface area contributed by atoms with E-state index in [9.17, 15) is 0 Å². The lowest BCUT2D eigenvalue weighted by atomic mass is 10.1. The Balaban J connectivity index is 2.28. The molecule has 0 bridgehead atoms. The lowest BCUT2D eigenvalue weighted by molar-refractivity contribution is 0.315. The zero-order valence-electron chi connectivity index (χ0n) is 9.82. The summed E-state index contributed by atoms with van der Waals surface area (Å²) >= 11 is 5.20. The molecule has 96 valence electrons. The standard InChI is InChI=1S/C11H18BrN3OS/c1-2-8(7-11(13)15-16)14-6-5-9-3-4-10(12)17-9/h3-4,8,14,16H,2,5-7H2,1H3,(H2,13,15). The van der Waals surface area contributed by atoms with Crippen molar-refractivity contribution in [1.29, 1.82) is 0 Å². The van der Waals surface area contributed by atoms with Gasteiger partial charge >= 0.3 is 0 Å². The number of oxime groups is 1. The zero-order chi connectivity index (χ0) is 12.7. The predicted octanol–water partition coefficient (Wildman–Crippen LogP) is 2.56. The Kier molecular flexibility index (Phi) is 6.54. The Morgan fingerprint density at radius 2 is 2.41 bits per heavy atom. The first-order chi connectivity index (χ1) is 8.15. The lowest BCUT2D eigenvalue weighted by Crippen LogP contribution is -2.34. The van der Waals surface area contributed by atoms with Crippen LogP contribution in [0, 0.1) is 0 Å². The Hall–Kier alpha value is -0.590. The number of nitrogens with zero attached hydrogens (tertiary/aromatic N) is 1. The Morgan fingerprint density at radius 1 is 1.65 bits per heavy atom. The minimum absolute atomic E-state index is 0.273. The van der Waals surface area contributed by atoms with Crippen molar-refractivity contribution in [1.82, 2.24) is 5.32 Å². The highest BCUT2D eigenvalue weighted by molar-refractivity contribution is 9.11. The van der Waals surface area contributed by atoms with E-state index in [0.29, 0.717) is 6.42 Å². The number of hydrogen-bond acceptors (Lipinski definition) is 4. The van der Waals surface area contributed by atoms with E-state index in [0.717, 1.165) is 23.2 Å². The second-order valence-electron chi connectivity index (χ2n) is 3.81. The Morgan fingerprint density at radius 3 is 2.94 bits per heavy atom. The molecule has 0 fully saturated rings. The number of hydrogen-bond donors (Lipinski definition) is 3. The van der Waals surface area contributed by atoms with Crippen LogP contribution in [0.25, 0.3) is 0 Å². The fraction of sp³-hybridized carbons (Fsp3) is 0.545. The van der Waals surface area contributed by atoms with Crippen LogP contribution in [0.4, 0.5) is 0 Å². The van der Waals surface area contributed by atoms with Crippen LogP contribution < -0.4 is 11.1 Å². The number of nitrogens with one attached hydrogen (secondary N) is 1. The first-order valence-corrected chi connectivity index (χ1v) is 7.20. The van der Waals surface area contributed by atoms with Gasteiger partial charge in [-0.25, -0.2) is 0 Å². The minimum atomic E-state index is 0.273. The van der Waals surface area contributed by atoms with E-state index in [1.807, 2.05) is 0 Å². The van der Waals surface area contributed by atoms with E-state index in [4.69, 9.17) is 10.9 Å². The highest BCUT2D eigenvalue weighted by atomic mass is 79.9. The third-order valence-corrected chi connectivity index (χ3v) is 4.19. The van der Waals surface area contributed by atoms with Crippen molar-refractivity contribution < 1.29 is 5.21 Å². The normalized spacial score (nSPS) is 13.9. The van der Waals surface area contributed by atoms with Gasteiger partial charge in [-0.15, -0.1) is 11.3 Å². The summed E-state index contributed by atoms with van der Waals surface area (Å²) in [5.41, 5.74) is 5.49. The van der Waals surface area contributed by atoms with Gasteiger partial charge < -0.3 is 16.3 Å². The van der Waals surface area contributed by atoms with E-state index in [-0.39, 0.29) is 11.9 Å². The summed E-state index contributed by atoms with van der Waals surface area (Å²) < 4.78 is 1.16. The third-order valence-electron chi connectivity index (χ3n) is 2.51. The minimum Gasteiger partial charge on any atom is -0.409 e. The average molecular weight is 320 g/mol. The molecule has 1 unspecified atom stereocenters. The molecule has 17 heavy (non-hydrogen) atoms. The largest absolute Gasteiger partial charge is 0.409 e. The summed E-state index contributed by atoms with van der Waals surface area (Å²) in [5.74, 6) is 0.281. The highest BCUT2D eigenvalue weighted by Gasteiger charge is 2.08. The monoisotopic (exact) mass is 319 g/mol. The Labute approximate surface area is 114 Å². The molecule has 0 aliphatic rings. The first-order valence-electron chi connectivity index (χ1n) is 5.59. The van der Waals surface area contributed by atoms with Gasteiger partial charge in [0.15, 0.2) is 0 Å². The molecule has 4 nitrogen and oxygen atoms in total. The van der Waals surface area contributed by atoms with E-state index in [1.165, 1.54) is 4.88 Å². The van der Waals surface area contributed by atoms with Crippen molar-refractivity contribution in [3.05, 3.63) is 20.8 Å².